The van der Waals surface area contributed by atoms with Crippen molar-refractivity contribution in [2.24, 2.45) is 11.7 Å². The van der Waals surface area contributed by atoms with E-state index in [0.29, 0.717) is 0 Å². The monoisotopic (exact) mass is 223 g/mol. The highest BCUT2D eigenvalue weighted by molar-refractivity contribution is 5.87. The first-order chi connectivity index (χ1) is 7.43. The SMILES string of the molecule is CC(C)[C@@H](O)[C@@H](N)c1ccc(C(=O)O)cc1. The first kappa shape index (κ1) is 12.7. The summed E-state index contributed by atoms with van der Waals surface area (Å²) in [7, 11) is 0. The third-order valence-electron chi connectivity index (χ3n) is 2.59. The molecule has 16 heavy (non-hydrogen) atoms. The van der Waals surface area contributed by atoms with Crippen molar-refractivity contribution in [2.75, 3.05) is 0 Å². The van der Waals surface area contributed by atoms with Gasteiger partial charge in [-0.05, 0) is 23.6 Å². The smallest absolute Gasteiger partial charge is 0.335 e. The van der Waals surface area contributed by atoms with Gasteiger partial charge in [-0.25, -0.2) is 4.79 Å². The molecule has 1 aromatic rings. The van der Waals surface area contributed by atoms with Gasteiger partial charge < -0.3 is 15.9 Å². The fraction of sp³-hybridized carbons (Fsp3) is 0.417. The molecule has 4 heteroatoms. The van der Waals surface area contributed by atoms with Crippen molar-refractivity contribution in [3.05, 3.63) is 35.4 Å². The number of nitrogens with two attached hydrogens (primary N) is 1. The minimum Gasteiger partial charge on any atom is -0.478 e. The maximum absolute atomic E-state index is 10.6. The second-order valence-electron chi connectivity index (χ2n) is 4.19. The van der Waals surface area contributed by atoms with Crippen molar-refractivity contribution in [3.63, 3.8) is 0 Å². The van der Waals surface area contributed by atoms with Crippen LogP contribution in [-0.2, 0) is 0 Å². The normalized spacial score (nSPS) is 14.8. The van der Waals surface area contributed by atoms with E-state index in [4.69, 9.17) is 10.8 Å². The van der Waals surface area contributed by atoms with Crippen LogP contribution in [0.15, 0.2) is 24.3 Å². The maximum Gasteiger partial charge on any atom is 0.335 e. The number of aromatic carboxylic acids is 1. The van der Waals surface area contributed by atoms with Crippen LogP contribution in [0.1, 0.15) is 35.8 Å². The topological polar surface area (TPSA) is 83.5 Å². The second kappa shape index (κ2) is 5.09. The van der Waals surface area contributed by atoms with E-state index in [9.17, 15) is 9.90 Å². The van der Waals surface area contributed by atoms with Gasteiger partial charge >= 0.3 is 5.97 Å². The minimum absolute atomic E-state index is 0.0640. The summed E-state index contributed by atoms with van der Waals surface area (Å²) in [6, 6.07) is 5.78. The Kier molecular flexibility index (Phi) is 4.04. The molecule has 0 fully saturated rings. The summed E-state index contributed by atoms with van der Waals surface area (Å²) in [6.45, 7) is 3.77. The predicted molar refractivity (Wildman–Crippen MR) is 61.2 cm³/mol. The Morgan fingerprint density at radius 3 is 2.12 bits per heavy atom. The third kappa shape index (κ3) is 2.81. The number of rotatable bonds is 4. The lowest BCUT2D eigenvalue weighted by atomic mass is 9.94. The molecule has 88 valence electrons. The zero-order chi connectivity index (χ0) is 12.3. The number of aliphatic hydroxyl groups is 1. The largest absolute Gasteiger partial charge is 0.478 e. The van der Waals surface area contributed by atoms with Gasteiger partial charge in [-0.2, -0.15) is 0 Å². The zero-order valence-corrected chi connectivity index (χ0v) is 9.42. The summed E-state index contributed by atoms with van der Waals surface area (Å²) >= 11 is 0. The molecule has 2 atom stereocenters. The Morgan fingerprint density at radius 2 is 1.75 bits per heavy atom. The van der Waals surface area contributed by atoms with Crippen molar-refractivity contribution in [3.8, 4) is 0 Å². The number of benzene rings is 1. The van der Waals surface area contributed by atoms with Gasteiger partial charge in [0.1, 0.15) is 0 Å². The van der Waals surface area contributed by atoms with Gasteiger partial charge in [0.15, 0.2) is 0 Å². The third-order valence-corrected chi connectivity index (χ3v) is 2.59. The molecule has 0 saturated carbocycles. The molecule has 0 aliphatic heterocycles. The molecule has 0 amide bonds. The van der Waals surface area contributed by atoms with Gasteiger partial charge in [-0.3, -0.25) is 0 Å². The summed E-state index contributed by atoms with van der Waals surface area (Å²) in [6.07, 6.45) is -0.629. The minimum atomic E-state index is -0.968. The Hall–Kier alpha value is -1.39. The molecular formula is C12H17NO3. The molecule has 0 radical (unpaired) electrons. The van der Waals surface area contributed by atoms with Gasteiger partial charge in [0, 0.05) is 0 Å². The lowest BCUT2D eigenvalue weighted by Gasteiger charge is -2.22. The molecule has 0 spiro atoms. The van der Waals surface area contributed by atoms with Crippen LogP contribution in [0.3, 0.4) is 0 Å². The lowest BCUT2D eigenvalue weighted by Crippen LogP contribution is -2.30. The standard InChI is InChI=1S/C12H17NO3/c1-7(2)11(14)10(13)8-3-5-9(6-4-8)12(15)16/h3-7,10-11,14H,13H2,1-2H3,(H,15,16)/t10-,11+/m0/s1. The van der Waals surface area contributed by atoms with Crippen LogP contribution in [-0.4, -0.2) is 22.3 Å². The van der Waals surface area contributed by atoms with E-state index in [1.165, 1.54) is 12.1 Å². The quantitative estimate of drug-likeness (QED) is 0.720. The average Bonchev–Trinajstić information content (AvgIpc) is 2.27. The molecule has 4 nitrogen and oxygen atoms in total. The zero-order valence-electron chi connectivity index (χ0n) is 9.42. The molecule has 1 rings (SSSR count). The predicted octanol–water partition coefficient (Wildman–Crippen LogP) is 1.40. The van der Waals surface area contributed by atoms with Crippen molar-refractivity contribution in [1.82, 2.24) is 0 Å². The molecule has 4 N–H and O–H groups in total. The van der Waals surface area contributed by atoms with Crippen molar-refractivity contribution < 1.29 is 15.0 Å². The van der Waals surface area contributed by atoms with E-state index in [2.05, 4.69) is 0 Å². The lowest BCUT2D eigenvalue weighted by molar-refractivity contribution is 0.0697. The van der Waals surface area contributed by atoms with Crippen LogP contribution < -0.4 is 5.73 Å². The van der Waals surface area contributed by atoms with Crippen LogP contribution in [0, 0.1) is 5.92 Å². The van der Waals surface area contributed by atoms with Crippen molar-refractivity contribution in [1.29, 1.82) is 0 Å². The number of aliphatic hydroxyl groups excluding tert-OH is 1. The summed E-state index contributed by atoms with van der Waals surface area (Å²) in [5.74, 6) is -0.904. The number of carboxylic acid groups (broad SMARTS) is 1. The fourth-order valence-electron chi connectivity index (χ4n) is 1.46. The number of carbonyl (C=O) groups is 1. The van der Waals surface area contributed by atoms with Crippen LogP contribution in [0.4, 0.5) is 0 Å². The van der Waals surface area contributed by atoms with E-state index < -0.39 is 18.1 Å². The fourth-order valence-corrected chi connectivity index (χ4v) is 1.46. The maximum atomic E-state index is 10.6. The Balaban J connectivity index is 2.85. The van der Waals surface area contributed by atoms with E-state index in [1.807, 2.05) is 13.8 Å². The highest BCUT2D eigenvalue weighted by Crippen LogP contribution is 2.19. The molecule has 0 aliphatic rings. The second-order valence-corrected chi connectivity index (χ2v) is 4.19. The van der Waals surface area contributed by atoms with E-state index >= 15 is 0 Å². The first-order valence-corrected chi connectivity index (χ1v) is 5.20. The van der Waals surface area contributed by atoms with Gasteiger partial charge in [0.05, 0.1) is 17.7 Å². The highest BCUT2D eigenvalue weighted by atomic mass is 16.4. The van der Waals surface area contributed by atoms with Gasteiger partial charge in [-0.1, -0.05) is 26.0 Å². The summed E-state index contributed by atoms with van der Waals surface area (Å²) in [5, 5.41) is 18.5. The molecule has 0 bridgehead atoms. The van der Waals surface area contributed by atoms with Gasteiger partial charge in [0.2, 0.25) is 0 Å². The number of hydrogen-bond acceptors (Lipinski definition) is 3. The van der Waals surface area contributed by atoms with Gasteiger partial charge in [-0.15, -0.1) is 0 Å². The summed E-state index contributed by atoms with van der Waals surface area (Å²) < 4.78 is 0. The van der Waals surface area contributed by atoms with Crippen molar-refractivity contribution >= 4 is 5.97 Å². The number of hydrogen-bond donors (Lipinski definition) is 3. The first-order valence-electron chi connectivity index (χ1n) is 5.20. The van der Waals surface area contributed by atoms with E-state index in [-0.39, 0.29) is 11.5 Å². The summed E-state index contributed by atoms with van der Waals surface area (Å²) in [5.41, 5.74) is 6.83. The molecule has 0 aromatic heterocycles. The average molecular weight is 223 g/mol. The van der Waals surface area contributed by atoms with Crippen LogP contribution in [0.25, 0.3) is 0 Å². The molecule has 0 saturated heterocycles. The van der Waals surface area contributed by atoms with Crippen molar-refractivity contribution in [2.45, 2.75) is 26.0 Å². The number of carboxylic acids is 1. The molecule has 0 aliphatic carbocycles. The summed E-state index contributed by atoms with van der Waals surface area (Å²) in [4.78, 5) is 10.6. The molecular weight excluding hydrogens is 206 g/mol. The van der Waals surface area contributed by atoms with Gasteiger partial charge in [0.25, 0.3) is 0 Å². The molecule has 0 heterocycles. The van der Waals surface area contributed by atoms with Crippen LogP contribution in [0.2, 0.25) is 0 Å². The molecule has 1 aromatic carbocycles. The van der Waals surface area contributed by atoms with Crippen LogP contribution in [0.5, 0.6) is 0 Å². The Bertz CT molecular complexity index is 359. The van der Waals surface area contributed by atoms with E-state index in [0.717, 1.165) is 5.56 Å². The Labute approximate surface area is 94.7 Å². The highest BCUT2D eigenvalue weighted by Gasteiger charge is 2.20. The van der Waals surface area contributed by atoms with Crippen LogP contribution >= 0.6 is 0 Å². The Morgan fingerprint density at radius 1 is 1.25 bits per heavy atom. The van der Waals surface area contributed by atoms with E-state index in [1.54, 1.807) is 12.1 Å². The molecule has 0 unspecified atom stereocenters.